The molecule has 1 aromatic rings. The Morgan fingerprint density at radius 3 is 2.50 bits per heavy atom. The van der Waals surface area contributed by atoms with E-state index in [1.165, 1.54) is 18.2 Å². The van der Waals surface area contributed by atoms with Gasteiger partial charge in [-0.05, 0) is 23.6 Å². The molecule has 0 saturated carbocycles. The molecular weight excluding hydrogens is 209 g/mol. The number of carbonyl (C=O) groups is 1. The predicted molar refractivity (Wildman–Crippen MR) is 59.3 cm³/mol. The molecule has 88 valence electrons. The molecule has 0 aliphatic heterocycles. The van der Waals surface area contributed by atoms with Crippen LogP contribution in [0.4, 0.5) is 4.39 Å². The van der Waals surface area contributed by atoms with Crippen molar-refractivity contribution in [2.45, 2.75) is 19.9 Å². The van der Waals surface area contributed by atoms with Crippen LogP contribution in [0.5, 0.6) is 0 Å². The normalized spacial score (nSPS) is 14.8. The van der Waals surface area contributed by atoms with Crippen molar-refractivity contribution in [3.63, 3.8) is 0 Å². The molecular formula is C12H16FNO2. The third kappa shape index (κ3) is 2.79. The van der Waals surface area contributed by atoms with Crippen LogP contribution in [0.25, 0.3) is 0 Å². The lowest BCUT2D eigenvalue weighted by atomic mass is 9.85. The Morgan fingerprint density at radius 2 is 2.06 bits per heavy atom. The van der Waals surface area contributed by atoms with Crippen molar-refractivity contribution in [2.75, 3.05) is 0 Å². The molecule has 3 N–H and O–H groups in total. The van der Waals surface area contributed by atoms with Crippen molar-refractivity contribution >= 4 is 5.97 Å². The minimum absolute atomic E-state index is 0.101. The van der Waals surface area contributed by atoms with E-state index in [1.807, 2.05) is 0 Å². The summed E-state index contributed by atoms with van der Waals surface area (Å²) < 4.78 is 13.0. The predicted octanol–water partition coefficient (Wildman–Crippen LogP) is 2.18. The number of rotatable bonds is 4. The monoisotopic (exact) mass is 225 g/mol. The van der Waals surface area contributed by atoms with Crippen LogP contribution < -0.4 is 5.73 Å². The largest absolute Gasteiger partial charge is 0.481 e. The topological polar surface area (TPSA) is 63.3 Å². The molecule has 1 rings (SSSR count). The van der Waals surface area contributed by atoms with Crippen molar-refractivity contribution in [3.05, 3.63) is 35.6 Å². The average Bonchev–Trinajstić information content (AvgIpc) is 2.16. The van der Waals surface area contributed by atoms with Crippen LogP contribution >= 0.6 is 0 Å². The average molecular weight is 225 g/mol. The van der Waals surface area contributed by atoms with E-state index < -0.39 is 23.7 Å². The van der Waals surface area contributed by atoms with Crippen molar-refractivity contribution in [3.8, 4) is 0 Å². The van der Waals surface area contributed by atoms with Gasteiger partial charge in [-0.25, -0.2) is 4.39 Å². The Morgan fingerprint density at radius 1 is 1.44 bits per heavy atom. The van der Waals surface area contributed by atoms with Gasteiger partial charge in [0.2, 0.25) is 0 Å². The Balaban J connectivity index is 2.99. The quantitative estimate of drug-likeness (QED) is 0.825. The first-order valence-corrected chi connectivity index (χ1v) is 5.17. The van der Waals surface area contributed by atoms with Gasteiger partial charge in [0.1, 0.15) is 5.82 Å². The number of halogens is 1. The highest BCUT2D eigenvalue weighted by Crippen LogP contribution is 2.26. The SMILES string of the molecule is CC(C)C(C(=O)O)C(N)c1cccc(F)c1. The molecule has 2 atom stereocenters. The summed E-state index contributed by atoms with van der Waals surface area (Å²) in [6.45, 7) is 3.58. The molecule has 1 aromatic carbocycles. The number of nitrogens with two attached hydrogens (primary N) is 1. The van der Waals surface area contributed by atoms with Gasteiger partial charge in [-0.1, -0.05) is 26.0 Å². The number of carboxylic acids is 1. The van der Waals surface area contributed by atoms with Crippen LogP contribution in [-0.4, -0.2) is 11.1 Å². The summed E-state index contributed by atoms with van der Waals surface area (Å²) >= 11 is 0. The fourth-order valence-electron chi connectivity index (χ4n) is 1.77. The standard InChI is InChI=1S/C12H16FNO2/c1-7(2)10(12(15)16)11(14)8-4-3-5-9(13)6-8/h3-7,10-11H,14H2,1-2H3,(H,15,16). The molecule has 16 heavy (non-hydrogen) atoms. The third-order valence-corrected chi connectivity index (χ3v) is 2.62. The molecule has 4 heteroatoms. The molecule has 2 unspecified atom stereocenters. The Hall–Kier alpha value is -1.42. The molecule has 0 radical (unpaired) electrons. The zero-order valence-corrected chi connectivity index (χ0v) is 9.35. The fourth-order valence-corrected chi connectivity index (χ4v) is 1.77. The van der Waals surface area contributed by atoms with Crippen LogP contribution in [0.1, 0.15) is 25.5 Å². The van der Waals surface area contributed by atoms with E-state index in [2.05, 4.69) is 0 Å². The lowest BCUT2D eigenvalue weighted by Gasteiger charge is -2.23. The lowest BCUT2D eigenvalue weighted by Crippen LogP contribution is -2.32. The second-order valence-electron chi connectivity index (χ2n) is 4.19. The van der Waals surface area contributed by atoms with Crippen LogP contribution in [0.3, 0.4) is 0 Å². The molecule has 0 spiro atoms. The van der Waals surface area contributed by atoms with Gasteiger partial charge in [0.05, 0.1) is 5.92 Å². The van der Waals surface area contributed by atoms with E-state index in [-0.39, 0.29) is 5.92 Å². The van der Waals surface area contributed by atoms with Gasteiger partial charge >= 0.3 is 5.97 Å². The van der Waals surface area contributed by atoms with E-state index in [9.17, 15) is 9.18 Å². The minimum Gasteiger partial charge on any atom is -0.481 e. The number of carboxylic acid groups (broad SMARTS) is 1. The van der Waals surface area contributed by atoms with Crippen LogP contribution in [0, 0.1) is 17.7 Å². The second-order valence-corrected chi connectivity index (χ2v) is 4.19. The zero-order chi connectivity index (χ0) is 12.3. The van der Waals surface area contributed by atoms with E-state index in [4.69, 9.17) is 10.8 Å². The summed E-state index contributed by atoms with van der Waals surface area (Å²) in [7, 11) is 0. The number of hydrogen-bond donors (Lipinski definition) is 2. The number of hydrogen-bond acceptors (Lipinski definition) is 2. The van der Waals surface area contributed by atoms with E-state index in [0.717, 1.165) is 0 Å². The van der Waals surface area contributed by atoms with E-state index in [0.29, 0.717) is 5.56 Å². The van der Waals surface area contributed by atoms with Crippen LogP contribution in [0.2, 0.25) is 0 Å². The molecule has 0 bridgehead atoms. The molecule has 0 amide bonds. The summed E-state index contributed by atoms with van der Waals surface area (Å²) in [6, 6.07) is 5.08. The first-order valence-electron chi connectivity index (χ1n) is 5.17. The molecule has 0 aliphatic rings. The number of aliphatic carboxylic acids is 1. The second kappa shape index (κ2) is 5.07. The maximum Gasteiger partial charge on any atom is 0.308 e. The summed E-state index contributed by atoms with van der Waals surface area (Å²) in [5.41, 5.74) is 6.38. The van der Waals surface area contributed by atoms with Gasteiger partial charge in [0, 0.05) is 6.04 Å². The molecule has 0 fully saturated rings. The van der Waals surface area contributed by atoms with Crippen molar-refractivity contribution in [1.29, 1.82) is 0 Å². The molecule has 0 heterocycles. The van der Waals surface area contributed by atoms with Gasteiger partial charge in [0.25, 0.3) is 0 Å². The van der Waals surface area contributed by atoms with Crippen molar-refractivity contribution < 1.29 is 14.3 Å². The summed E-state index contributed by atoms with van der Waals surface area (Å²) in [5.74, 6) is -2.16. The first kappa shape index (κ1) is 12.6. The minimum atomic E-state index is -0.952. The van der Waals surface area contributed by atoms with E-state index in [1.54, 1.807) is 19.9 Å². The summed E-state index contributed by atoms with van der Waals surface area (Å²) in [5, 5.41) is 9.07. The van der Waals surface area contributed by atoms with Crippen LogP contribution in [-0.2, 0) is 4.79 Å². The van der Waals surface area contributed by atoms with Crippen molar-refractivity contribution in [1.82, 2.24) is 0 Å². The van der Waals surface area contributed by atoms with Crippen LogP contribution in [0.15, 0.2) is 24.3 Å². The maximum absolute atomic E-state index is 13.0. The highest BCUT2D eigenvalue weighted by atomic mass is 19.1. The smallest absolute Gasteiger partial charge is 0.308 e. The Bertz CT molecular complexity index is 379. The summed E-state index contributed by atoms with van der Waals surface area (Å²) in [6.07, 6.45) is 0. The zero-order valence-electron chi connectivity index (χ0n) is 9.35. The number of benzene rings is 1. The van der Waals surface area contributed by atoms with Gasteiger partial charge in [-0.15, -0.1) is 0 Å². The molecule has 0 aliphatic carbocycles. The van der Waals surface area contributed by atoms with E-state index >= 15 is 0 Å². The Kier molecular flexibility index (Phi) is 4.01. The summed E-state index contributed by atoms with van der Waals surface area (Å²) in [4.78, 5) is 11.1. The molecule has 0 aromatic heterocycles. The highest BCUT2D eigenvalue weighted by molar-refractivity contribution is 5.71. The van der Waals surface area contributed by atoms with Crippen molar-refractivity contribution in [2.24, 2.45) is 17.6 Å². The molecule has 3 nitrogen and oxygen atoms in total. The lowest BCUT2D eigenvalue weighted by molar-refractivity contribution is -0.144. The van der Waals surface area contributed by atoms with Gasteiger partial charge < -0.3 is 10.8 Å². The molecule has 0 saturated heterocycles. The fraction of sp³-hybridized carbons (Fsp3) is 0.417. The first-order chi connectivity index (χ1) is 7.43. The van der Waals surface area contributed by atoms with Gasteiger partial charge in [-0.2, -0.15) is 0 Å². The maximum atomic E-state index is 13.0. The highest BCUT2D eigenvalue weighted by Gasteiger charge is 2.29. The van der Waals surface area contributed by atoms with Gasteiger partial charge in [-0.3, -0.25) is 4.79 Å². The van der Waals surface area contributed by atoms with Gasteiger partial charge in [0.15, 0.2) is 0 Å². The third-order valence-electron chi connectivity index (χ3n) is 2.62. The Labute approximate surface area is 94.1 Å².